The predicted octanol–water partition coefficient (Wildman–Crippen LogP) is 2.27. The van der Waals surface area contributed by atoms with Gasteiger partial charge >= 0.3 is 0 Å². The van der Waals surface area contributed by atoms with E-state index in [1.807, 2.05) is 54.7 Å². The number of phenolic OH excluding ortho intramolecular Hbond substituents is 1. The van der Waals surface area contributed by atoms with Gasteiger partial charge in [-0.2, -0.15) is 14.3 Å². The summed E-state index contributed by atoms with van der Waals surface area (Å²) < 4.78 is 3.82. The second-order valence-corrected chi connectivity index (χ2v) is 6.18. The average Bonchev–Trinajstić information content (AvgIpc) is 3.05. The molecular weight excluding hydrogens is 340 g/mol. The maximum absolute atomic E-state index is 9.61. The van der Waals surface area contributed by atoms with Gasteiger partial charge in [0, 0.05) is 23.9 Å². The SMILES string of the molecule is Oc1ccc(C2=Nn3c(-c4ccccn4)nnc3-c3cccc[n+]3C2)cc1. The number of aromatic nitrogens is 5. The predicted molar refractivity (Wildman–Crippen MR) is 98.9 cm³/mol. The molecule has 0 saturated carbocycles. The fraction of sp³-hybridized carbons (Fsp3) is 0.0500. The summed E-state index contributed by atoms with van der Waals surface area (Å²) in [6.07, 6.45) is 3.72. The number of fused-ring (bicyclic) bond motifs is 3. The number of pyridine rings is 2. The van der Waals surface area contributed by atoms with Crippen LogP contribution in [0.25, 0.3) is 23.0 Å². The van der Waals surface area contributed by atoms with Crippen LogP contribution in [0.3, 0.4) is 0 Å². The van der Waals surface area contributed by atoms with Gasteiger partial charge in [0.2, 0.25) is 11.6 Å². The van der Waals surface area contributed by atoms with Crippen LogP contribution in [-0.2, 0) is 6.54 Å². The van der Waals surface area contributed by atoms with Gasteiger partial charge in [0.25, 0.3) is 5.69 Å². The van der Waals surface area contributed by atoms with Gasteiger partial charge < -0.3 is 5.11 Å². The Morgan fingerprint density at radius 1 is 0.889 bits per heavy atom. The minimum atomic E-state index is 0.222. The molecule has 0 atom stereocenters. The highest BCUT2D eigenvalue weighted by Crippen LogP contribution is 2.24. The van der Waals surface area contributed by atoms with Crippen LogP contribution in [0.2, 0.25) is 0 Å². The van der Waals surface area contributed by atoms with E-state index in [1.54, 1.807) is 23.0 Å². The van der Waals surface area contributed by atoms with Crippen LogP contribution in [0.4, 0.5) is 0 Å². The monoisotopic (exact) mass is 355 g/mol. The Kier molecular flexibility index (Phi) is 3.50. The largest absolute Gasteiger partial charge is 0.508 e. The average molecular weight is 355 g/mol. The third kappa shape index (κ3) is 2.65. The lowest BCUT2D eigenvalue weighted by Gasteiger charge is -2.04. The summed E-state index contributed by atoms with van der Waals surface area (Å²) in [5.41, 5.74) is 3.38. The molecule has 0 amide bonds. The first kappa shape index (κ1) is 15.4. The van der Waals surface area contributed by atoms with Crippen molar-refractivity contribution >= 4 is 5.71 Å². The van der Waals surface area contributed by atoms with Crippen LogP contribution in [0.15, 0.2) is 78.2 Å². The van der Waals surface area contributed by atoms with Crippen LogP contribution in [0.5, 0.6) is 5.75 Å². The van der Waals surface area contributed by atoms with Gasteiger partial charge in [-0.15, -0.1) is 10.2 Å². The molecule has 130 valence electrons. The molecule has 5 rings (SSSR count). The minimum Gasteiger partial charge on any atom is -0.508 e. The van der Waals surface area contributed by atoms with E-state index in [2.05, 4.69) is 19.7 Å². The molecule has 0 unspecified atom stereocenters. The Morgan fingerprint density at radius 2 is 1.70 bits per heavy atom. The third-order valence-corrected chi connectivity index (χ3v) is 4.45. The van der Waals surface area contributed by atoms with Crippen molar-refractivity contribution in [3.8, 4) is 28.8 Å². The second-order valence-electron chi connectivity index (χ2n) is 6.18. The molecule has 0 spiro atoms. The van der Waals surface area contributed by atoms with E-state index in [4.69, 9.17) is 5.10 Å². The highest BCUT2D eigenvalue weighted by Gasteiger charge is 2.28. The van der Waals surface area contributed by atoms with Gasteiger partial charge in [-0.05, 0) is 42.5 Å². The smallest absolute Gasteiger partial charge is 0.252 e. The number of aromatic hydroxyl groups is 1. The van der Waals surface area contributed by atoms with Crippen molar-refractivity contribution in [3.05, 3.63) is 78.6 Å². The molecule has 0 aliphatic carbocycles. The first-order valence-corrected chi connectivity index (χ1v) is 8.52. The van der Waals surface area contributed by atoms with Crippen LogP contribution in [0.1, 0.15) is 5.56 Å². The number of rotatable bonds is 2. The Hall–Kier alpha value is -3.87. The van der Waals surface area contributed by atoms with E-state index < -0.39 is 0 Å². The molecule has 4 aromatic rings. The molecule has 4 heterocycles. The van der Waals surface area contributed by atoms with Gasteiger partial charge in [0.1, 0.15) is 17.2 Å². The Balaban J connectivity index is 1.76. The van der Waals surface area contributed by atoms with Crippen molar-refractivity contribution in [2.24, 2.45) is 5.10 Å². The van der Waals surface area contributed by atoms with Crippen LogP contribution < -0.4 is 4.57 Å². The van der Waals surface area contributed by atoms with E-state index in [0.29, 0.717) is 23.9 Å². The number of nitrogens with zero attached hydrogens (tertiary/aromatic N) is 6. The molecule has 0 bridgehead atoms. The molecular formula is C20H15N6O+. The first-order chi connectivity index (χ1) is 13.3. The zero-order chi connectivity index (χ0) is 18.2. The van der Waals surface area contributed by atoms with Crippen LogP contribution >= 0.6 is 0 Å². The summed E-state index contributed by atoms with van der Waals surface area (Å²) in [4.78, 5) is 4.39. The maximum atomic E-state index is 9.61. The van der Waals surface area contributed by atoms with E-state index in [-0.39, 0.29) is 5.75 Å². The van der Waals surface area contributed by atoms with E-state index >= 15 is 0 Å². The van der Waals surface area contributed by atoms with E-state index in [9.17, 15) is 5.11 Å². The maximum Gasteiger partial charge on any atom is 0.252 e. The highest BCUT2D eigenvalue weighted by atomic mass is 16.3. The quantitative estimate of drug-likeness (QED) is 0.560. The lowest BCUT2D eigenvalue weighted by molar-refractivity contribution is -0.670. The zero-order valence-corrected chi connectivity index (χ0v) is 14.3. The molecule has 1 N–H and O–H groups in total. The number of hydrogen-bond donors (Lipinski definition) is 1. The highest BCUT2D eigenvalue weighted by molar-refractivity contribution is 6.00. The fourth-order valence-electron chi connectivity index (χ4n) is 3.12. The molecule has 27 heavy (non-hydrogen) atoms. The Bertz CT molecular complexity index is 1150. The normalized spacial score (nSPS) is 12.7. The summed E-state index contributed by atoms with van der Waals surface area (Å²) in [6, 6.07) is 18.6. The van der Waals surface area contributed by atoms with Crippen molar-refractivity contribution in [1.82, 2.24) is 19.9 Å². The standard InChI is InChI=1S/C20H14N6O/c27-15-9-7-14(8-10-15)17-13-25-12-4-2-6-18(25)20-23-22-19(26(20)24-17)16-5-1-3-11-21-16/h1-12H,13H2/p+1. The van der Waals surface area contributed by atoms with E-state index in [1.165, 1.54) is 0 Å². The number of phenols is 1. The van der Waals surface area contributed by atoms with Crippen LogP contribution in [0, 0.1) is 0 Å². The molecule has 3 aromatic heterocycles. The first-order valence-electron chi connectivity index (χ1n) is 8.52. The summed E-state index contributed by atoms with van der Waals surface area (Å²) in [5.74, 6) is 1.46. The van der Waals surface area contributed by atoms with Crippen molar-refractivity contribution in [1.29, 1.82) is 0 Å². The van der Waals surface area contributed by atoms with Gasteiger partial charge in [-0.3, -0.25) is 4.98 Å². The summed E-state index contributed by atoms with van der Waals surface area (Å²) in [7, 11) is 0. The Labute approximate surface area is 154 Å². The molecule has 0 saturated heterocycles. The zero-order valence-electron chi connectivity index (χ0n) is 14.3. The van der Waals surface area contributed by atoms with Crippen LogP contribution in [-0.4, -0.2) is 30.7 Å². The van der Waals surface area contributed by atoms with Gasteiger partial charge in [0.05, 0.1) is 0 Å². The number of benzene rings is 1. The van der Waals surface area contributed by atoms with Gasteiger partial charge in [-0.25, -0.2) is 0 Å². The van der Waals surface area contributed by atoms with Crippen molar-refractivity contribution in [2.75, 3.05) is 0 Å². The van der Waals surface area contributed by atoms with Crippen molar-refractivity contribution in [3.63, 3.8) is 0 Å². The molecule has 1 aliphatic rings. The molecule has 7 heteroatoms. The molecule has 0 fully saturated rings. The minimum absolute atomic E-state index is 0.222. The lowest BCUT2D eigenvalue weighted by atomic mass is 10.1. The van der Waals surface area contributed by atoms with Gasteiger partial charge in [-0.1, -0.05) is 6.07 Å². The third-order valence-electron chi connectivity index (χ3n) is 4.45. The fourth-order valence-corrected chi connectivity index (χ4v) is 3.12. The van der Waals surface area contributed by atoms with Crippen molar-refractivity contribution < 1.29 is 9.67 Å². The molecule has 1 aromatic carbocycles. The number of hydrogen-bond acceptors (Lipinski definition) is 5. The van der Waals surface area contributed by atoms with Gasteiger partial charge in [0.15, 0.2) is 12.7 Å². The summed E-state index contributed by atoms with van der Waals surface area (Å²) in [6.45, 7) is 0.575. The molecule has 7 nitrogen and oxygen atoms in total. The molecule has 0 radical (unpaired) electrons. The van der Waals surface area contributed by atoms with E-state index in [0.717, 1.165) is 17.0 Å². The topological polar surface area (TPSA) is 80.1 Å². The summed E-state index contributed by atoms with van der Waals surface area (Å²) >= 11 is 0. The molecule has 1 aliphatic heterocycles. The second kappa shape index (κ2) is 6.14. The van der Waals surface area contributed by atoms with Crippen molar-refractivity contribution in [2.45, 2.75) is 6.54 Å². The summed E-state index contributed by atoms with van der Waals surface area (Å²) in [5, 5.41) is 23.2. The lowest BCUT2D eigenvalue weighted by Crippen LogP contribution is -2.39. The Morgan fingerprint density at radius 3 is 2.52 bits per heavy atom.